The quantitative estimate of drug-likeness (QED) is 0.138. The maximum Gasteiger partial charge on any atom is 0.331 e. The van der Waals surface area contributed by atoms with Gasteiger partial charge in [-0.3, -0.25) is 0 Å². The van der Waals surface area contributed by atoms with Crippen LogP contribution in [0.1, 0.15) is 116 Å². The van der Waals surface area contributed by atoms with Crippen LogP contribution in [0.3, 0.4) is 0 Å². The summed E-state index contributed by atoms with van der Waals surface area (Å²) >= 11 is 0. The first-order chi connectivity index (χ1) is 18.1. The number of esters is 1. The van der Waals surface area contributed by atoms with Gasteiger partial charge in [0.25, 0.3) is 0 Å². The summed E-state index contributed by atoms with van der Waals surface area (Å²) in [7, 11) is 0. The van der Waals surface area contributed by atoms with Crippen molar-refractivity contribution in [2.75, 3.05) is 0 Å². The van der Waals surface area contributed by atoms with Crippen LogP contribution in [0, 0.1) is 22.7 Å². The van der Waals surface area contributed by atoms with E-state index in [1.54, 1.807) is 12.1 Å². The molecule has 0 atom stereocenters. The molecule has 37 heavy (non-hydrogen) atoms. The zero-order chi connectivity index (χ0) is 26.3. The summed E-state index contributed by atoms with van der Waals surface area (Å²) in [5, 5.41) is 9.89. The van der Waals surface area contributed by atoms with Gasteiger partial charge in [-0.15, -0.1) is 0 Å². The third-order valence-corrected chi connectivity index (χ3v) is 7.88. The van der Waals surface area contributed by atoms with Crippen LogP contribution < -0.4 is 4.74 Å². The first-order valence-electron chi connectivity index (χ1n) is 14.6. The number of carbonyl (C=O) groups excluding carboxylic acids is 1. The molecule has 1 aliphatic rings. The molecule has 0 saturated heterocycles. The summed E-state index contributed by atoms with van der Waals surface area (Å²) in [6, 6.07) is 9.60. The van der Waals surface area contributed by atoms with Crippen LogP contribution in [0.4, 0.5) is 0 Å². The maximum absolute atomic E-state index is 13.0. The van der Waals surface area contributed by atoms with Gasteiger partial charge in [-0.25, -0.2) is 14.8 Å². The Labute approximate surface area is 224 Å². The topological polar surface area (TPSA) is 75.9 Å². The summed E-state index contributed by atoms with van der Waals surface area (Å²) in [4.78, 5) is 22.1. The number of hydrogen-bond donors (Lipinski definition) is 0. The predicted molar refractivity (Wildman–Crippen MR) is 149 cm³/mol. The van der Waals surface area contributed by atoms with Crippen LogP contribution in [0.15, 0.2) is 36.7 Å². The smallest absolute Gasteiger partial charge is 0.331 e. The van der Waals surface area contributed by atoms with Gasteiger partial charge in [0.15, 0.2) is 11.2 Å². The van der Waals surface area contributed by atoms with E-state index in [0.717, 1.165) is 24.8 Å². The average Bonchev–Trinajstić information content (AvgIpc) is 2.94. The molecule has 0 unspecified atom stereocenters. The number of aryl methyl sites for hydroxylation is 1. The third kappa shape index (κ3) is 8.95. The van der Waals surface area contributed by atoms with Gasteiger partial charge >= 0.3 is 5.97 Å². The molecule has 1 heterocycles. The highest BCUT2D eigenvalue weighted by molar-refractivity contribution is 5.82. The Kier molecular flexibility index (Phi) is 12.1. The van der Waals surface area contributed by atoms with E-state index in [9.17, 15) is 10.1 Å². The zero-order valence-electron chi connectivity index (χ0n) is 23.0. The van der Waals surface area contributed by atoms with Crippen molar-refractivity contribution in [3.8, 4) is 23.2 Å². The molecular weight excluding hydrogens is 458 g/mol. The number of unbranched alkanes of at least 4 members (excludes halogenated alkanes) is 8. The van der Waals surface area contributed by atoms with Crippen LogP contribution in [-0.2, 0) is 11.2 Å². The van der Waals surface area contributed by atoms with Crippen LogP contribution in [-0.4, -0.2) is 15.9 Å². The SMILES string of the molecule is CCCCCCCc1cnc(-c2ccc(OC(=O)[C@]3(C#N)CC[C@H](CCCCCCC)CC3)cc2)nc1. The summed E-state index contributed by atoms with van der Waals surface area (Å²) in [6.07, 6.45) is 21.8. The van der Waals surface area contributed by atoms with E-state index in [-0.39, 0.29) is 0 Å². The molecule has 0 aliphatic heterocycles. The number of nitrogens with zero attached hydrogens (tertiary/aromatic N) is 3. The second-order valence-electron chi connectivity index (χ2n) is 10.8. The average molecular weight is 504 g/mol. The minimum atomic E-state index is -1.02. The number of carbonyl (C=O) groups is 1. The molecular formula is C32H45N3O2. The largest absolute Gasteiger partial charge is 0.425 e. The Morgan fingerprint density at radius 1 is 0.919 bits per heavy atom. The van der Waals surface area contributed by atoms with Gasteiger partial charge in [-0.1, -0.05) is 78.1 Å². The zero-order valence-corrected chi connectivity index (χ0v) is 23.0. The van der Waals surface area contributed by atoms with Crippen LogP contribution in [0.25, 0.3) is 11.4 Å². The molecule has 1 aromatic heterocycles. The van der Waals surface area contributed by atoms with Gasteiger partial charge in [-0.2, -0.15) is 5.26 Å². The second-order valence-corrected chi connectivity index (χ2v) is 10.8. The first kappa shape index (κ1) is 28.8. The van der Waals surface area contributed by atoms with E-state index in [0.29, 0.717) is 30.3 Å². The monoisotopic (exact) mass is 503 g/mol. The lowest BCUT2D eigenvalue weighted by molar-refractivity contribution is -0.144. The van der Waals surface area contributed by atoms with Gasteiger partial charge in [0, 0.05) is 18.0 Å². The molecule has 1 fully saturated rings. The standard InChI is InChI=1S/C32H45N3O2/c1-3-5-7-9-11-13-26-19-21-32(25-33,22-20-26)31(36)37-29-17-15-28(16-18-29)30-34-23-27(24-35-30)14-12-10-8-6-4-2/h15-18,23-24,26H,3-14,19-22H2,1-2H3/t26-,32+. The lowest BCUT2D eigenvalue weighted by atomic mass is 9.70. The van der Waals surface area contributed by atoms with Crippen LogP contribution in [0.2, 0.25) is 0 Å². The van der Waals surface area contributed by atoms with Crippen molar-refractivity contribution in [2.45, 2.75) is 117 Å². The molecule has 200 valence electrons. The summed E-state index contributed by atoms with van der Waals surface area (Å²) in [5.74, 6) is 1.34. The van der Waals surface area contributed by atoms with Crippen molar-refractivity contribution in [3.05, 3.63) is 42.2 Å². The fourth-order valence-electron chi connectivity index (χ4n) is 5.30. The highest BCUT2D eigenvalue weighted by Gasteiger charge is 2.43. The van der Waals surface area contributed by atoms with E-state index in [2.05, 4.69) is 29.9 Å². The van der Waals surface area contributed by atoms with Crippen LogP contribution >= 0.6 is 0 Å². The van der Waals surface area contributed by atoms with Gasteiger partial charge in [0.2, 0.25) is 0 Å². The van der Waals surface area contributed by atoms with E-state index >= 15 is 0 Å². The van der Waals surface area contributed by atoms with Gasteiger partial charge in [0.05, 0.1) is 6.07 Å². The molecule has 1 aromatic carbocycles. The predicted octanol–water partition coefficient (Wildman–Crippen LogP) is 8.62. The number of aromatic nitrogens is 2. The van der Waals surface area contributed by atoms with Crippen molar-refractivity contribution in [3.63, 3.8) is 0 Å². The second kappa shape index (κ2) is 15.5. The lowest BCUT2D eigenvalue weighted by Gasteiger charge is -2.33. The number of rotatable bonds is 15. The van der Waals surface area contributed by atoms with E-state index in [1.165, 1.54) is 76.2 Å². The van der Waals surface area contributed by atoms with Crippen molar-refractivity contribution >= 4 is 5.97 Å². The Hall–Kier alpha value is -2.74. The van der Waals surface area contributed by atoms with E-state index in [1.807, 2.05) is 24.5 Å². The molecule has 1 saturated carbocycles. The highest BCUT2D eigenvalue weighted by atomic mass is 16.5. The fraction of sp³-hybridized carbons (Fsp3) is 0.625. The lowest BCUT2D eigenvalue weighted by Crippen LogP contribution is -2.37. The minimum absolute atomic E-state index is 0.413. The summed E-state index contributed by atoms with van der Waals surface area (Å²) in [6.45, 7) is 4.47. The molecule has 0 amide bonds. The Balaban J connectivity index is 1.47. The molecule has 0 N–H and O–H groups in total. The van der Waals surface area contributed by atoms with Gasteiger partial charge in [-0.05, 0) is 74.3 Å². The number of benzene rings is 1. The van der Waals surface area contributed by atoms with Gasteiger partial charge in [0.1, 0.15) is 5.75 Å². The summed E-state index contributed by atoms with van der Waals surface area (Å²) < 4.78 is 5.69. The molecule has 2 aromatic rings. The molecule has 5 nitrogen and oxygen atoms in total. The Morgan fingerprint density at radius 3 is 2.11 bits per heavy atom. The number of hydrogen-bond acceptors (Lipinski definition) is 5. The summed E-state index contributed by atoms with van der Waals surface area (Å²) in [5.41, 5.74) is 1.02. The molecule has 5 heteroatoms. The molecule has 3 rings (SSSR count). The number of nitriles is 1. The molecule has 1 aliphatic carbocycles. The Bertz CT molecular complexity index is 971. The normalized spacial score (nSPS) is 19.3. The maximum atomic E-state index is 13.0. The van der Waals surface area contributed by atoms with Gasteiger partial charge < -0.3 is 4.74 Å². The van der Waals surface area contributed by atoms with Crippen molar-refractivity contribution in [1.82, 2.24) is 9.97 Å². The molecule has 0 radical (unpaired) electrons. The van der Waals surface area contributed by atoms with Crippen LogP contribution in [0.5, 0.6) is 5.75 Å². The minimum Gasteiger partial charge on any atom is -0.425 e. The first-order valence-corrected chi connectivity index (χ1v) is 14.6. The Morgan fingerprint density at radius 2 is 1.51 bits per heavy atom. The van der Waals surface area contributed by atoms with Crippen molar-refractivity contribution in [1.29, 1.82) is 5.26 Å². The van der Waals surface area contributed by atoms with Crippen molar-refractivity contribution < 1.29 is 9.53 Å². The van der Waals surface area contributed by atoms with Crippen molar-refractivity contribution in [2.24, 2.45) is 11.3 Å². The molecule has 0 bridgehead atoms. The highest BCUT2D eigenvalue weighted by Crippen LogP contribution is 2.41. The van der Waals surface area contributed by atoms with E-state index in [4.69, 9.17) is 4.74 Å². The number of ether oxygens (including phenoxy) is 1. The van der Waals surface area contributed by atoms with E-state index < -0.39 is 11.4 Å². The molecule has 0 spiro atoms. The fourth-order valence-corrected chi connectivity index (χ4v) is 5.30. The third-order valence-electron chi connectivity index (χ3n) is 7.88.